The van der Waals surface area contributed by atoms with Crippen LogP contribution in [-0.4, -0.2) is 39.4 Å². The van der Waals surface area contributed by atoms with Crippen LogP contribution in [0.1, 0.15) is 24.5 Å². The second kappa shape index (κ2) is 11.2. The summed E-state index contributed by atoms with van der Waals surface area (Å²) in [4.78, 5) is 24.1. The van der Waals surface area contributed by atoms with Crippen LogP contribution in [0.4, 0.5) is 4.79 Å². The molecule has 2 rings (SSSR count). The zero-order valence-corrected chi connectivity index (χ0v) is 17.7. The number of benzene rings is 2. The first-order chi connectivity index (χ1) is 14.2. The predicted octanol–water partition coefficient (Wildman–Crippen LogP) is 2.82. The molecule has 1 N–H and O–H groups in total. The minimum absolute atomic E-state index is 0.0319. The summed E-state index contributed by atoms with van der Waals surface area (Å²) in [6.07, 6.45) is 0.598. The number of rotatable bonds is 10. The molecule has 2 aromatic carbocycles. The fourth-order valence-corrected chi connectivity index (χ4v) is 3.13. The summed E-state index contributed by atoms with van der Waals surface area (Å²) in [6, 6.07) is 15.0. The number of esters is 1. The van der Waals surface area contributed by atoms with E-state index in [2.05, 4.69) is 5.32 Å². The van der Waals surface area contributed by atoms with Crippen molar-refractivity contribution in [3.05, 3.63) is 65.7 Å². The van der Waals surface area contributed by atoms with Crippen LogP contribution < -0.4 is 9.50 Å². The van der Waals surface area contributed by atoms with Crippen LogP contribution in [0.3, 0.4) is 0 Å². The van der Waals surface area contributed by atoms with Crippen LogP contribution in [0, 0.1) is 0 Å². The molecule has 0 heterocycles. The van der Waals surface area contributed by atoms with Crippen molar-refractivity contribution < 1.29 is 31.7 Å². The minimum Gasteiger partial charge on any atom is -0.466 e. The van der Waals surface area contributed by atoms with Gasteiger partial charge < -0.3 is 19.0 Å². The van der Waals surface area contributed by atoms with Gasteiger partial charge in [0.15, 0.2) is 0 Å². The third-order valence-corrected chi connectivity index (χ3v) is 4.40. The second-order valence-electron chi connectivity index (χ2n) is 6.55. The molecule has 9 heteroatoms. The minimum atomic E-state index is -3.62. The number of nitrogens with one attached hydrogen (secondary N) is 1. The van der Waals surface area contributed by atoms with Crippen LogP contribution in [-0.2, 0) is 37.4 Å². The van der Waals surface area contributed by atoms with E-state index in [1.54, 1.807) is 19.1 Å². The van der Waals surface area contributed by atoms with Crippen molar-refractivity contribution in [2.24, 2.45) is 0 Å². The standard InChI is InChI=1S/C21H25NO7S/c1-3-27-20(23)14-18(22-21(24)28-15-17-7-5-4-6-8-17)13-16-9-11-19(12-10-16)29-30(2,25)26/h4-12,18H,3,13-15H2,1-2H3,(H,22,24). The first-order valence-corrected chi connectivity index (χ1v) is 11.2. The number of hydrogen-bond donors (Lipinski definition) is 1. The average molecular weight is 435 g/mol. The maximum atomic E-state index is 12.2. The number of hydrogen-bond acceptors (Lipinski definition) is 7. The molecule has 2 aromatic rings. The maximum absolute atomic E-state index is 12.2. The lowest BCUT2D eigenvalue weighted by Crippen LogP contribution is -2.38. The molecule has 0 aromatic heterocycles. The molecule has 0 saturated carbocycles. The van der Waals surface area contributed by atoms with E-state index < -0.39 is 28.2 Å². The Morgan fingerprint density at radius 3 is 2.23 bits per heavy atom. The van der Waals surface area contributed by atoms with E-state index >= 15 is 0 Å². The van der Waals surface area contributed by atoms with Gasteiger partial charge in [0.1, 0.15) is 12.4 Å². The smallest absolute Gasteiger partial charge is 0.407 e. The molecule has 0 bridgehead atoms. The Morgan fingerprint density at radius 2 is 1.63 bits per heavy atom. The largest absolute Gasteiger partial charge is 0.466 e. The number of amides is 1. The van der Waals surface area contributed by atoms with Crippen molar-refractivity contribution in [1.29, 1.82) is 0 Å². The summed E-state index contributed by atoms with van der Waals surface area (Å²) in [5, 5.41) is 2.69. The van der Waals surface area contributed by atoms with Crippen LogP contribution >= 0.6 is 0 Å². The predicted molar refractivity (Wildman–Crippen MR) is 110 cm³/mol. The van der Waals surface area contributed by atoms with Crippen LogP contribution in [0.15, 0.2) is 54.6 Å². The average Bonchev–Trinajstić information content (AvgIpc) is 2.68. The van der Waals surface area contributed by atoms with Gasteiger partial charge in [-0.05, 0) is 36.6 Å². The lowest BCUT2D eigenvalue weighted by atomic mass is 10.0. The van der Waals surface area contributed by atoms with E-state index in [0.717, 1.165) is 17.4 Å². The van der Waals surface area contributed by atoms with Crippen molar-refractivity contribution in [1.82, 2.24) is 5.32 Å². The summed E-state index contributed by atoms with van der Waals surface area (Å²) in [7, 11) is -3.62. The van der Waals surface area contributed by atoms with Crippen LogP contribution in [0.25, 0.3) is 0 Å². The van der Waals surface area contributed by atoms with Gasteiger partial charge in [-0.2, -0.15) is 8.42 Å². The van der Waals surface area contributed by atoms with Gasteiger partial charge in [0.05, 0.1) is 19.3 Å². The van der Waals surface area contributed by atoms with Crippen molar-refractivity contribution >= 4 is 22.2 Å². The fraction of sp³-hybridized carbons (Fsp3) is 0.333. The number of carbonyl (C=O) groups excluding carboxylic acids is 2. The molecule has 8 nitrogen and oxygen atoms in total. The van der Waals surface area contributed by atoms with E-state index in [4.69, 9.17) is 13.7 Å². The van der Waals surface area contributed by atoms with Crippen molar-refractivity contribution in [3.8, 4) is 5.75 Å². The van der Waals surface area contributed by atoms with Gasteiger partial charge in [-0.3, -0.25) is 4.79 Å². The second-order valence-corrected chi connectivity index (χ2v) is 8.12. The Hall–Kier alpha value is -3.07. The van der Waals surface area contributed by atoms with Crippen molar-refractivity contribution in [3.63, 3.8) is 0 Å². The molecule has 30 heavy (non-hydrogen) atoms. The third kappa shape index (κ3) is 8.95. The highest BCUT2D eigenvalue weighted by molar-refractivity contribution is 7.86. The van der Waals surface area contributed by atoms with Crippen LogP contribution in [0.5, 0.6) is 5.75 Å². The number of ether oxygens (including phenoxy) is 2. The highest BCUT2D eigenvalue weighted by Crippen LogP contribution is 2.16. The van der Waals surface area contributed by atoms with Crippen molar-refractivity contribution in [2.45, 2.75) is 32.4 Å². The third-order valence-electron chi connectivity index (χ3n) is 3.91. The lowest BCUT2D eigenvalue weighted by Gasteiger charge is -2.18. The highest BCUT2D eigenvalue weighted by atomic mass is 32.2. The molecular formula is C21H25NO7S. The molecule has 0 spiro atoms. The van der Waals surface area contributed by atoms with Gasteiger partial charge in [-0.1, -0.05) is 42.5 Å². The Bertz CT molecular complexity index is 928. The SMILES string of the molecule is CCOC(=O)CC(Cc1ccc(OS(C)(=O)=O)cc1)NC(=O)OCc1ccccc1. The van der Waals surface area contributed by atoms with E-state index in [1.807, 2.05) is 30.3 Å². The first kappa shape index (κ1) is 23.2. The summed E-state index contributed by atoms with van der Waals surface area (Å²) < 4.78 is 37.4. The van der Waals surface area contributed by atoms with Gasteiger partial charge in [0, 0.05) is 6.04 Å². The summed E-state index contributed by atoms with van der Waals surface area (Å²) in [6.45, 7) is 2.05. The molecule has 1 atom stereocenters. The van der Waals surface area contributed by atoms with Gasteiger partial charge in [-0.25, -0.2) is 4.79 Å². The molecule has 1 unspecified atom stereocenters. The quantitative estimate of drug-likeness (QED) is 0.452. The van der Waals surface area contributed by atoms with Crippen LogP contribution in [0.2, 0.25) is 0 Å². The van der Waals surface area contributed by atoms with E-state index in [0.29, 0.717) is 6.42 Å². The summed E-state index contributed by atoms with van der Waals surface area (Å²) in [5.41, 5.74) is 1.62. The van der Waals surface area contributed by atoms with Crippen molar-refractivity contribution in [2.75, 3.05) is 12.9 Å². The molecule has 162 valence electrons. The molecule has 0 aliphatic heterocycles. The number of alkyl carbamates (subject to hydrolysis) is 1. The molecule has 0 radical (unpaired) electrons. The maximum Gasteiger partial charge on any atom is 0.407 e. The molecular weight excluding hydrogens is 410 g/mol. The van der Waals surface area contributed by atoms with Gasteiger partial charge >= 0.3 is 22.2 Å². The topological polar surface area (TPSA) is 108 Å². The lowest BCUT2D eigenvalue weighted by molar-refractivity contribution is -0.143. The first-order valence-electron chi connectivity index (χ1n) is 9.36. The highest BCUT2D eigenvalue weighted by Gasteiger charge is 2.19. The molecule has 0 aliphatic carbocycles. The Morgan fingerprint density at radius 1 is 0.967 bits per heavy atom. The van der Waals surface area contributed by atoms with E-state index in [9.17, 15) is 18.0 Å². The Kier molecular flexibility index (Phi) is 8.67. The van der Waals surface area contributed by atoms with E-state index in [1.165, 1.54) is 12.1 Å². The fourth-order valence-electron chi connectivity index (χ4n) is 2.67. The van der Waals surface area contributed by atoms with E-state index in [-0.39, 0.29) is 25.4 Å². The summed E-state index contributed by atoms with van der Waals surface area (Å²) in [5.74, 6) is -0.263. The molecule has 1 amide bonds. The zero-order chi connectivity index (χ0) is 22.0. The summed E-state index contributed by atoms with van der Waals surface area (Å²) >= 11 is 0. The monoisotopic (exact) mass is 435 g/mol. The Labute approximate surface area is 176 Å². The molecule has 0 aliphatic rings. The van der Waals surface area contributed by atoms with Gasteiger partial charge in [0.25, 0.3) is 0 Å². The molecule has 0 saturated heterocycles. The van der Waals surface area contributed by atoms with Gasteiger partial charge in [0.2, 0.25) is 0 Å². The normalized spacial score (nSPS) is 11.9. The Balaban J connectivity index is 1.99. The number of carbonyl (C=O) groups is 2. The zero-order valence-electron chi connectivity index (χ0n) is 16.9. The molecule has 0 fully saturated rings. The van der Waals surface area contributed by atoms with Gasteiger partial charge in [-0.15, -0.1) is 0 Å².